The quantitative estimate of drug-likeness (QED) is 0.678. The van der Waals surface area contributed by atoms with Gasteiger partial charge in [0, 0.05) is 24.2 Å². The fraction of sp³-hybridized carbons (Fsp3) is 0.500. The molecule has 2 rings (SSSR count). The molecule has 1 fully saturated rings. The lowest BCUT2D eigenvalue weighted by molar-refractivity contribution is -0.385. The van der Waals surface area contributed by atoms with Crippen LogP contribution in [0.15, 0.2) is 18.2 Å². The Hall–Kier alpha value is -2.11. The lowest BCUT2D eigenvalue weighted by atomic mass is 10.1. The number of hydrogen-bond donors (Lipinski definition) is 1. The number of nitrogens with zero attached hydrogens (tertiary/aromatic N) is 2. The third kappa shape index (κ3) is 2.74. The van der Waals surface area contributed by atoms with E-state index in [4.69, 9.17) is 0 Å². The van der Waals surface area contributed by atoms with E-state index in [9.17, 15) is 20.0 Å². The molecule has 0 bridgehead atoms. The van der Waals surface area contributed by atoms with Crippen LogP contribution in [0.1, 0.15) is 43.0 Å². The van der Waals surface area contributed by atoms with E-state index in [0.29, 0.717) is 12.1 Å². The van der Waals surface area contributed by atoms with Gasteiger partial charge in [-0.05, 0) is 31.9 Å². The van der Waals surface area contributed by atoms with Crippen molar-refractivity contribution in [2.45, 2.75) is 38.6 Å². The molecule has 0 saturated heterocycles. The molecule has 1 aromatic rings. The molecule has 0 atom stereocenters. The summed E-state index contributed by atoms with van der Waals surface area (Å²) in [6.07, 6.45) is 4.25. The summed E-state index contributed by atoms with van der Waals surface area (Å²) in [7, 11) is 0. The smallest absolute Gasteiger partial charge is 0.310 e. The highest BCUT2D eigenvalue weighted by Crippen LogP contribution is 2.29. The average Bonchev–Trinajstić information content (AvgIpc) is 2.92. The maximum absolute atomic E-state index is 12.4. The van der Waals surface area contributed by atoms with Crippen LogP contribution < -0.4 is 0 Å². The van der Waals surface area contributed by atoms with Crippen LogP contribution in [0.2, 0.25) is 0 Å². The van der Waals surface area contributed by atoms with Gasteiger partial charge >= 0.3 is 5.69 Å². The van der Waals surface area contributed by atoms with Gasteiger partial charge in [0.25, 0.3) is 5.91 Å². The molecule has 6 heteroatoms. The van der Waals surface area contributed by atoms with Gasteiger partial charge in [0.15, 0.2) is 5.75 Å². The van der Waals surface area contributed by atoms with Crippen LogP contribution in [0, 0.1) is 10.1 Å². The fourth-order valence-electron chi connectivity index (χ4n) is 2.76. The van der Waals surface area contributed by atoms with E-state index < -0.39 is 10.7 Å². The second-order valence-electron chi connectivity index (χ2n) is 4.99. The molecule has 0 radical (unpaired) electrons. The zero-order chi connectivity index (χ0) is 14.7. The second-order valence-corrected chi connectivity index (χ2v) is 4.99. The third-order valence-electron chi connectivity index (χ3n) is 3.79. The number of nitro groups is 1. The molecular weight excluding hydrogens is 260 g/mol. The van der Waals surface area contributed by atoms with Gasteiger partial charge in [0.1, 0.15) is 0 Å². The number of carbonyl (C=O) groups excluding carboxylic acids is 1. The van der Waals surface area contributed by atoms with E-state index in [0.717, 1.165) is 25.7 Å². The van der Waals surface area contributed by atoms with Crippen molar-refractivity contribution in [2.24, 2.45) is 0 Å². The van der Waals surface area contributed by atoms with E-state index >= 15 is 0 Å². The molecule has 0 aromatic heterocycles. The van der Waals surface area contributed by atoms with Crippen molar-refractivity contribution in [3.05, 3.63) is 33.9 Å². The van der Waals surface area contributed by atoms with Crippen LogP contribution in [0.5, 0.6) is 5.75 Å². The molecule has 1 saturated carbocycles. The lowest BCUT2D eigenvalue weighted by Gasteiger charge is -2.27. The molecule has 1 amide bonds. The monoisotopic (exact) mass is 278 g/mol. The van der Waals surface area contributed by atoms with Crippen molar-refractivity contribution in [3.63, 3.8) is 0 Å². The number of aromatic hydroxyl groups is 1. The summed E-state index contributed by atoms with van der Waals surface area (Å²) in [5, 5.41) is 20.3. The summed E-state index contributed by atoms with van der Waals surface area (Å²) in [5.74, 6) is -0.645. The first kappa shape index (κ1) is 14.3. The molecule has 1 aliphatic rings. The van der Waals surface area contributed by atoms with Crippen molar-refractivity contribution >= 4 is 11.6 Å². The largest absolute Gasteiger partial charge is 0.502 e. The normalized spacial score (nSPS) is 15.2. The zero-order valence-electron chi connectivity index (χ0n) is 11.4. The van der Waals surface area contributed by atoms with Crippen molar-refractivity contribution in [1.82, 2.24) is 4.90 Å². The van der Waals surface area contributed by atoms with Gasteiger partial charge in [-0.2, -0.15) is 0 Å². The summed E-state index contributed by atoms with van der Waals surface area (Å²) < 4.78 is 0. The number of phenols is 1. The van der Waals surface area contributed by atoms with E-state index in [1.807, 2.05) is 6.92 Å². The van der Waals surface area contributed by atoms with Gasteiger partial charge in [-0.15, -0.1) is 0 Å². The molecule has 6 nitrogen and oxygen atoms in total. The topological polar surface area (TPSA) is 83.7 Å². The highest BCUT2D eigenvalue weighted by molar-refractivity contribution is 5.95. The molecule has 108 valence electrons. The Bertz CT molecular complexity index is 524. The van der Waals surface area contributed by atoms with Crippen LogP contribution in [-0.4, -0.2) is 33.4 Å². The third-order valence-corrected chi connectivity index (χ3v) is 3.79. The van der Waals surface area contributed by atoms with Crippen molar-refractivity contribution in [2.75, 3.05) is 6.54 Å². The van der Waals surface area contributed by atoms with Crippen molar-refractivity contribution in [1.29, 1.82) is 0 Å². The van der Waals surface area contributed by atoms with E-state index in [1.54, 1.807) is 4.90 Å². The minimum atomic E-state index is -0.669. The molecule has 0 heterocycles. The molecule has 0 unspecified atom stereocenters. The highest BCUT2D eigenvalue weighted by atomic mass is 16.6. The number of rotatable bonds is 4. The predicted octanol–water partition coefficient (Wildman–Crippen LogP) is 2.71. The second kappa shape index (κ2) is 5.90. The highest BCUT2D eigenvalue weighted by Gasteiger charge is 2.27. The molecule has 20 heavy (non-hydrogen) atoms. The SMILES string of the molecule is CCN(C(=O)c1ccc([N+](=O)[O-])c(O)c1)C1CCCC1. The number of benzene rings is 1. The van der Waals surface area contributed by atoms with Crippen LogP contribution >= 0.6 is 0 Å². The summed E-state index contributed by atoms with van der Waals surface area (Å²) in [6.45, 7) is 2.52. The van der Waals surface area contributed by atoms with Crippen molar-refractivity contribution < 1.29 is 14.8 Å². The summed E-state index contributed by atoms with van der Waals surface area (Å²) >= 11 is 0. The maximum Gasteiger partial charge on any atom is 0.310 e. The molecular formula is C14H18N2O4. The number of hydrogen-bond acceptors (Lipinski definition) is 4. The van der Waals surface area contributed by atoms with E-state index in [2.05, 4.69) is 0 Å². The van der Waals surface area contributed by atoms with Crippen LogP contribution in [0.4, 0.5) is 5.69 Å². The number of phenolic OH excluding ortho intramolecular Hbond substituents is 1. The van der Waals surface area contributed by atoms with Gasteiger partial charge in [-0.3, -0.25) is 14.9 Å². The summed E-state index contributed by atoms with van der Waals surface area (Å²) in [6, 6.07) is 3.99. The van der Waals surface area contributed by atoms with Crippen LogP contribution in [0.25, 0.3) is 0 Å². The van der Waals surface area contributed by atoms with Crippen molar-refractivity contribution in [3.8, 4) is 5.75 Å². The molecule has 0 spiro atoms. The molecule has 0 aliphatic heterocycles. The Kier molecular flexibility index (Phi) is 4.22. The Balaban J connectivity index is 2.23. The van der Waals surface area contributed by atoms with E-state index in [-0.39, 0.29) is 17.6 Å². The maximum atomic E-state index is 12.4. The van der Waals surface area contributed by atoms with Crippen LogP contribution in [0.3, 0.4) is 0 Å². The fourth-order valence-corrected chi connectivity index (χ4v) is 2.76. The Morgan fingerprint density at radius 1 is 1.45 bits per heavy atom. The van der Waals surface area contributed by atoms with Gasteiger partial charge in [-0.1, -0.05) is 12.8 Å². The average molecular weight is 278 g/mol. The van der Waals surface area contributed by atoms with Crippen LogP contribution in [-0.2, 0) is 0 Å². The van der Waals surface area contributed by atoms with Gasteiger partial charge in [-0.25, -0.2) is 0 Å². The number of amides is 1. The summed E-state index contributed by atoms with van der Waals surface area (Å²) in [4.78, 5) is 24.2. The first-order chi connectivity index (χ1) is 9.54. The molecule has 1 aromatic carbocycles. The van der Waals surface area contributed by atoms with Gasteiger partial charge < -0.3 is 10.0 Å². The summed E-state index contributed by atoms with van der Waals surface area (Å²) in [5.41, 5.74) is -0.0904. The van der Waals surface area contributed by atoms with Gasteiger partial charge in [0.2, 0.25) is 0 Å². The lowest BCUT2D eigenvalue weighted by Crippen LogP contribution is -2.38. The first-order valence-corrected chi connectivity index (χ1v) is 6.83. The standard InChI is InChI=1S/C14H18N2O4/c1-2-15(11-5-3-4-6-11)14(18)10-7-8-12(16(19)20)13(17)9-10/h7-9,11,17H,2-6H2,1H3. The first-order valence-electron chi connectivity index (χ1n) is 6.83. The van der Waals surface area contributed by atoms with E-state index in [1.165, 1.54) is 18.2 Å². The van der Waals surface area contributed by atoms with Gasteiger partial charge in [0.05, 0.1) is 4.92 Å². The molecule has 1 N–H and O–H groups in total. The molecule has 1 aliphatic carbocycles. The minimum Gasteiger partial charge on any atom is -0.502 e. The number of nitro benzene ring substituents is 1. The Morgan fingerprint density at radius 2 is 2.10 bits per heavy atom. The minimum absolute atomic E-state index is 0.176. The Labute approximate surface area is 117 Å². The predicted molar refractivity (Wildman–Crippen MR) is 73.7 cm³/mol. The Morgan fingerprint density at radius 3 is 2.60 bits per heavy atom. The number of carbonyl (C=O) groups is 1. The zero-order valence-corrected chi connectivity index (χ0v) is 11.4.